The molecule has 0 aliphatic carbocycles. The number of carbonyl (C=O) groups excluding carboxylic acids is 3. The van der Waals surface area contributed by atoms with Crippen LogP contribution in [-0.4, -0.2) is 37.2 Å². The van der Waals surface area contributed by atoms with Crippen molar-refractivity contribution in [1.82, 2.24) is 0 Å². The van der Waals surface area contributed by atoms with Crippen LogP contribution in [0.25, 0.3) is 0 Å². The first-order valence-electron chi connectivity index (χ1n) is 8.90. The molecule has 1 N–H and O–H groups in total. The number of nitrogens with one attached hydrogen (secondary N) is 1. The number of hydrogen-bond acceptors (Lipinski definition) is 6. The van der Waals surface area contributed by atoms with Crippen LogP contribution in [0.15, 0.2) is 48.5 Å². The first kappa shape index (κ1) is 21.0. The summed E-state index contributed by atoms with van der Waals surface area (Å²) in [6.07, 6.45) is -0.202. The molecule has 0 heterocycles. The maximum atomic E-state index is 12.1. The van der Waals surface area contributed by atoms with Crippen LogP contribution in [-0.2, 0) is 14.3 Å². The number of amides is 1. The molecule has 0 unspecified atom stereocenters. The molecule has 0 bridgehead atoms. The minimum Gasteiger partial charge on any atom is -0.484 e. The topological polar surface area (TPSA) is 90.9 Å². The molecule has 0 aromatic heterocycles. The van der Waals surface area contributed by atoms with Crippen molar-refractivity contribution >= 4 is 23.5 Å². The molecule has 0 radical (unpaired) electrons. The largest absolute Gasteiger partial charge is 0.484 e. The number of carbonyl (C=O) groups is 3. The van der Waals surface area contributed by atoms with Gasteiger partial charge in [0.15, 0.2) is 6.61 Å². The van der Waals surface area contributed by atoms with Crippen molar-refractivity contribution in [3.63, 3.8) is 0 Å². The second kappa shape index (κ2) is 10.1. The summed E-state index contributed by atoms with van der Waals surface area (Å²) in [4.78, 5) is 35.6. The fourth-order valence-corrected chi connectivity index (χ4v) is 2.24. The Labute approximate surface area is 163 Å². The van der Waals surface area contributed by atoms with Gasteiger partial charge in [0.2, 0.25) is 0 Å². The van der Waals surface area contributed by atoms with Gasteiger partial charge in [-0.1, -0.05) is 6.07 Å². The Hall–Kier alpha value is -3.35. The standard InChI is InChI=1S/C21H23NO6/c1-4-26-20(24)16-6-5-7-18(12-16)27-13-19(23)22-17-10-8-15(9-11-17)21(25)28-14(2)3/h5-12,14H,4,13H2,1-3H3,(H,22,23). The molecule has 0 aliphatic heterocycles. The van der Waals surface area contributed by atoms with Gasteiger partial charge < -0.3 is 19.5 Å². The summed E-state index contributed by atoms with van der Waals surface area (Å²) in [5, 5.41) is 2.67. The van der Waals surface area contributed by atoms with Crippen molar-refractivity contribution in [2.75, 3.05) is 18.5 Å². The number of hydrogen-bond donors (Lipinski definition) is 1. The van der Waals surface area contributed by atoms with Gasteiger partial charge in [0, 0.05) is 5.69 Å². The smallest absolute Gasteiger partial charge is 0.338 e. The third kappa shape index (κ3) is 6.42. The number of anilines is 1. The van der Waals surface area contributed by atoms with Gasteiger partial charge in [-0.05, 0) is 63.2 Å². The number of esters is 2. The molecule has 2 aromatic rings. The predicted molar refractivity (Wildman–Crippen MR) is 104 cm³/mol. The Kier molecular flexibility index (Phi) is 7.56. The Morgan fingerprint density at radius 2 is 1.68 bits per heavy atom. The zero-order valence-electron chi connectivity index (χ0n) is 16.1. The van der Waals surface area contributed by atoms with E-state index in [9.17, 15) is 14.4 Å². The van der Waals surface area contributed by atoms with Gasteiger partial charge >= 0.3 is 11.9 Å². The molecule has 0 fully saturated rings. The van der Waals surface area contributed by atoms with Crippen LogP contribution in [0.4, 0.5) is 5.69 Å². The fraction of sp³-hybridized carbons (Fsp3) is 0.286. The summed E-state index contributed by atoms with van der Waals surface area (Å²) >= 11 is 0. The van der Waals surface area contributed by atoms with E-state index in [-0.39, 0.29) is 25.2 Å². The van der Waals surface area contributed by atoms with Crippen LogP contribution >= 0.6 is 0 Å². The van der Waals surface area contributed by atoms with Gasteiger partial charge in [-0.25, -0.2) is 9.59 Å². The highest BCUT2D eigenvalue weighted by Gasteiger charge is 2.11. The minimum absolute atomic E-state index is 0.202. The maximum absolute atomic E-state index is 12.1. The zero-order valence-corrected chi connectivity index (χ0v) is 16.1. The van der Waals surface area contributed by atoms with Crippen LogP contribution in [0, 0.1) is 0 Å². The van der Waals surface area contributed by atoms with E-state index < -0.39 is 11.9 Å². The summed E-state index contributed by atoms with van der Waals surface area (Å²) in [5.41, 5.74) is 1.28. The van der Waals surface area contributed by atoms with Gasteiger partial charge in [0.05, 0.1) is 23.8 Å². The third-order valence-electron chi connectivity index (χ3n) is 3.46. The van der Waals surface area contributed by atoms with Gasteiger partial charge in [0.1, 0.15) is 5.75 Å². The molecule has 7 heteroatoms. The second-order valence-electron chi connectivity index (χ2n) is 6.12. The summed E-state index contributed by atoms with van der Waals surface area (Å²) in [7, 11) is 0. The molecule has 0 aliphatic rings. The Bertz CT molecular complexity index is 829. The normalized spacial score (nSPS) is 10.3. The molecule has 0 saturated heterocycles. The van der Waals surface area contributed by atoms with E-state index in [0.717, 1.165) is 0 Å². The van der Waals surface area contributed by atoms with Crippen molar-refractivity contribution in [1.29, 1.82) is 0 Å². The van der Waals surface area contributed by atoms with Gasteiger partial charge in [0.25, 0.3) is 5.91 Å². The molecule has 2 aromatic carbocycles. The highest BCUT2D eigenvalue weighted by atomic mass is 16.5. The van der Waals surface area contributed by atoms with Crippen LogP contribution in [0.5, 0.6) is 5.75 Å². The summed E-state index contributed by atoms with van der Waals surface area (Å²) < 4.78 is 15.5. The van der Waals surface area contributed by atoms with E-state index in [4.69, 9.17) is 14.2 Å². The van der Waals surface area contributed by atoms with Gasteiger partial charge in [-0.3, -0.25) is 4.79 Å². The molecule has 1 amide bonds. The lowest BCUT2D eigenvalue weighted by molar-refractivity contribution is -0.118. The Morgan fingerprint density at radius 1 is 0.964 bits per heavy atom. The fourth-order valence-electron chi connectivity index (χ4n) is 2.24. The second-order valence-corrected chi connectivity index (χ2v) is 6.12. The summed E-state index contributed by atoms with van der Waals surface area (Å²) in [5.74, 6) is -0.863. The van der Waals surface area contributed by atoms with E-state index in [1.807, 2.05) is 0 Å². The van der Waals surface area contributed by atoms with E-state index in [1.165, 1.54) is 6.07 Å². The van der Waals surface area contributed by atoms with E-state index in [1.54, 1.807) is 63.2 Å². The van der Waals surface area contributed by atoms with Crippen molar-refractivity contribution < 1.29 is 28.6 Å². The van der Waals surface area contributed by atoms with Crippen LogP contribution in [0.2, 0.25) is 0 Å². The molecule has 0 saturated carbocycles. The number of benzene rings is 2. The highest BCUT2D eigenvalue weighted by molar-refractivity contribution is 5.94. The van der Waals surface area contributed by atoms with Gasteiger partial charge in [-0.2, -0.15) is 0 Å². The van der Waals surface area contributed by atoms with E-state index >= 15 is 0 Å². The maximum Gasteiger partial charge on any atom is 0.338 e. The summed E-state index contributed by atoms with van der Waals surface area (Å²) in [6, 6.07) is 12.8. The average Bonchev–Trinajstić information content (AvgIpc) is 2.67. The van der Waals surface area contributed by atoms with E-state index in [0.29, 0.717) is 22.6 Å². The lowest BCUT2D eigenvalue weighted by Crippen LogP contribution is -2.20. The van der Waals surface area contributed by atoms with Crippen molar-refractivity contribution in [3.8, 4) is 5.75 Å². The lowest BCUT2D eigenvalue weighted by Gasteiger charge is -2.10. The van der Waals surface area contributed by atoms with Crippen LogP contribution < -0.4 is 10.1 Å². The monoisotopic (exact) mass is 385 g/mol. The first-order valence-corrected chi connectivity index (χ1v) is 8.90. The minimum atomic E-state index is -0.450. The van der Waals surface area contributed by atoms with Crippen molar-refractivity contribution in [3.05, 3.63) is 59.7 Å². The highest BCUT2D eigenvalue weighted by Crippen LogP contribution is 2.15. The van der Waals surface area contributed by atoms with Crippen molar-refractivity contribution in [2.24, 2.45) is 0 Å². The van der Waals surface area contributed by atoms with Crippen molar-refractivity contribution in [2.45, 2.75) is 26.9 Å². The third-order valence-corrected chi connectivity index (χ3v) is 3.46. The number of rotatable bonds is 8. The molecule has 2 rings (SSSR count). The molecular formula is C21H23NO6. The Balaban J connectivity index is 1.88. The zero-order chi connectivity index (χ0) is 20.5. The van der Waals surface area contributed by atoms with E-state index in [2.05, 4.69) is 5.32 Å². The molecule has 148 valence electrons. The van der Waals surface area contributed by atoms with Crippen LogP contribution in [0.1, 0.15) is 41.5 Å². The van der Waals surface area contributed by atoms with Crippen LogP contribution in [0.3, 0.4) is 0 Å². The lowest BCUT2D eigenvalue weighted by atomic mass is 10.2. The predicted octanol–water partition coefficient (Wildman–Crippen LogP) is 3.45. The molecule has 28 heavy (non-hydrogen) atoms. The molecule has 7 nitrogen and oxygen atoms in total. The molecular weight excluding hydrogens is 362 g/mol. The first-order chi connectivity index (χ1) is 13.4. The quantitative estimate of drug-likeness (QED) is 0.700. The molecule has 0 spiro atoms. The summed E-state index contributed by atoms with van der Waals surface area (Å²) in [6.45, 7) is 5.32. The van der Waals surface area contributed by atoms with Gasteiger partial charge in [-0.15, -0.1) is 0 Å². The average molecular weight is 385 g/mol. The molecule has 0 atom stereocenters. The SMILES string of the molecule is CCOC(=O)c1cccc(OCC(=O)Nc2ccc(C(=O)OC(C)C)cc2)c1. The Morgan fingerprint density at radius 3 is 2.32 bits per heavy atom. The number of ether oxygens (including phenoxy) is 3.